The summed E-state index contributed by atoms with van der Waals surface area (Å²) in [6, 6.07) is 0. The Bertz CT molecular complexity index is 124. The van der Waals surface area contributed by atoms with Crippen LogP contribution in [-0.2, 0) is 0 Å². The average molecular weight is 198 g/mol. The average Bonchev–Trinajstić information content (AvgIpc) is 2.12. The van der Waals surface area contributed by atoms with Gasteiger partial charge in [-0.3, -0.25) is 0 Å². The molecule has 0 rings (SSSR count). The first-order chi connectivity index (χ1) is 6.52. The number of hydrogen-bond donors (Lipinski definition) is 0. The van der Waals surface area contributed by atoms with Crippen LogP contribution in [-0.4, -0.2) is 0 Å². The second-order valence-electron chi connectivity index (χ2n) is 5.69. The van der Waals surface area contributed by atoms with Crippen molar-refractivity contribution < 1.29 is 0 Å². The molecule has 0 heteroatoms. The zero-order chi connectivity index (χ0) is 11.0. The van der Waals surface area contributed by atoms with Gasteiger partial charge in [-0.25, -0.2) is 0 Å². The molecule has 0 aromatic rings. The lowest BCUT2D eigenvalue weighted by Crippen LogP contribution is -2.15. The van der Waals surface area contributed by atoms with Crippen molar-refractivity contribution in [1.82, 2.24) is 0 Å². The van der Waals surface area contributed by atoms with Gasteiger partial charge in [0.15, 0.2) is 0 Å². The summed E-state index contributed by atoms with van der Waals surface area (Å²) in [4.78, 5) is 0. The Labute approximate surface area is 91.5 Å². The molecule has 0 aliphatic heterocycles. The highest BCUT2D eigenvalue weighted by Crippen LogP contribution is 2.32. The first-order valence-corrected chi connectivity index (χ1v) is 6.52. The van der Waals surface area contributed by atoms with Gasteiger partial charge in [-0.1, -0.05) is 66.7 Å². The second kappa shape index (κ2) is 7.31. The van der Waals surface area contributed by atoms with Gasteiger partial charge in [-0.15, -0.1) is 0 Å². The monoisotopic (exact) mass is 198 g/mol. The molecule has 0 bridgehead atoms. The molecule has 0 saturated heterocycles. The Morgan fingerprint density at radius 3 is 2.14 bits per heavy atom. The van der Waals surface area contributed by atoms with E-state index in [0.717, 1.165) is 5.92 Å². The van der Waals surface area contributed by atoms with Gasteiger partial charge in [0.25, 0.3) is 0 Å². The number of rotatable bonds is 8. The zero-order valence-electron chi connectivity index (χ0n) is 11.0. The topological polar surface area (TPSA) is 0 Å². The van der Waals surface area contributed by atoms with Gasteiger partial charge >= 0.3 is 0 Å². The summed E-state index contributed by atoms with van der Waals surface area (Å²) < 4.78 is 0. The summed E-state index contributed by atoms with van der Waals surface area (Å²) in [5, 5.41) is 0. The minimum atomic E-state index is 0.573. The van der Waals surface area contributed by atoms with Gasteiger partial charge < -0.3 is 0 Å². The van der Waals surface area contributed by atoms with Crippen molar-refractivity contribution in [2.45, 2.75) is 79.6 Å². The largest absolute Gasteiger partial charge is 0.0654 e. The van der Waals surface area contributed by atoms with Gasteiger partial charge in [0.2, 0.25) is 0 Å². The van der Waals surface area contributed by atoms with E-state index >= 15 is 0 Å². The van der Waals surface area contributed by atoms with Crippen molar-refractivity contribution in [2.75, 3.05) is 0 Å². The Morgan fingerprint density at radius 1 is 1.00 bits per heavy atom. The van der Waals surface area contributed by atoms with Crippen molar-refractivity contribution in [3.05, 3.63) is 0 Å². The van der Waals surface area contributed by atoms with Crippen molar-refractivity contribution in [1.29, 1.82) is 0 Å². The molecule has 0 aromatic carbocycles. The van der Waals surface area contributed by atoms with E-state index in [0.29, 0.717) is 5.41 Å². The predicted molar refractivity (Wildman–Crippen MR) is 66.6 cm³/mol. The zero-order valence-corrected chi connectivity index (χ0v) is 11.0. The molecule has 0 spiro atoms. The SMILES string of the molecule is CCCCCCC(C)(C)CC(C)CC. The molecule has 14 heavy (non-hydrogen) atoms. The molecule has 0 aliphatic carbocycles. The minimum absolute atomic E-state index is 0.573. The van der Waals surface area contributed by atoms with E-state index in [1.165, 1.54) is 44.9 Å². The fourth-order valence-corrected chi connectivity index (χ4v) is 2.22. The summed E-state index contributed by atoms with van der Waals surface area (Å²) in [7, 11) is 0. The normalized spacial score (nSPS) is 14.4. The molecule has 0 nitrogen and oxygen atoms in total. The van der Waals surface area contributed by atoms with Crippen molar-refractivity contribution in [2.24, 2.45) is 11.3 Å². The number of unbranched alkanes of at least 4 members (excludes halogenated alkanes) is 3. The van der Waals surface area contributed by atoms with Gasteiger partial charge in [0, 0.05) is 0 Å². The fourth-order valence-electron chi connectivity index (χ4n) is 2.22. The van der Waals surface area contributed by atoms with Gasteiger partial charge in [0.05, 0.1) is 0 Å². The third-order valence-electron chi connectivity index (χ3n) is 3.31. The van der Waals surface area contributed by atoms with Gasteiger partial charge in [-0.2, -0.15) is 0 Å². The number of hydrogen-bond acceptors (Lipinski definition) is 0. The first kappa shape index (κ1) is 14.0. The third kappa shape index (κ3) is 7.41. The Hall–Kier alpha value is 0. The van der Waals surface area contributed by atoms with E-state index in [4.69, 9.17) is 0 Å². The molecule has 0 amide bonds. The second-order valence-corrected chi connectivity index (χ2v) is 5.69. The molecular formula is C14H30. The van der Waals surface area contributed by atoms with E-state index in [1.807, 2.05) is 0 Å². The molecule has 1 atom stereocenters. The van der Waals surface area contributed by atoms with Crippen molar-refractivity contribution in [3.63, 3.8) is 0 Å². The lowest BCUT2D eigenvalue weighted by molar-refractivity contribution is 0.245. The molecule has 0 heterocycles. The highest BCUT2D eigenvalue weighted by atomic mass is 14.2. The molecule has 0 radical (unpaired) electrons. The van der Waals surface area contributed by atoms with Gasteiger partial charge in [-0.05, 0) is 24.2 Å². The van der Waals surface area contributed by atoms with Crippen LogP contribution < -0.4 is 0 Å². The highest BCUT2D eigenvalue weighted by Gasteiger charge is 2.19. The fraction of sp³-hybridized carbons (Fsp3) is 1.00. The molecule has 86 valence electrons. The van der Waals surface area contributed by atoms with E-state index in [9.17, 15) is 0 Å². The van der Waals surface area contributed by atoms with Crippen LogP contribution in [0.5, 0.6) is 0 Å². The summed E-state index contributed by atoms with van der Waals surface area (Å²) >= 11 is 0. The highest BCUT2D eigenvalue weighted by molar-refractivity contribution is 4.71. The van der Waals surface area contributed by atoms with Crippen LogP contribution in [0.15, 0.2) is 0 Å². The Balaban J connectivity index is 3.60. The van der Waals surface area contributed by atoms with Crippen LogP contribution >= 0.6 is 0 Å². The van der Waals surface area contributed by atoms with Crippen LogP contribution in [0.2, 0.25) is 0 Å². The van der Waals surface area contributed by atoms with Crippen LogP contribution in [0.25, 0.3) is 0 Å². The minimum Gasteiger partial charge on any atom is -0.0654 e. The Kier molecular flexibility index (Phi) is 7.31. The predicted octanol–water partition coefficient (Wildman–Crippen LogP) is 5.42. The molecule has 0 N–H and O–H groups in total. The molecular weight excluding hydrogens is 168 g/mol. The third-order valence-corrected chi connectivity index (χ3v) is 3.31. The molecule has 0 aromatic heterocycles. The van der Waals surface area contributed by atoms with Crippen LogP contribution in [0.3, 0.4) is 0 Å². The smallest absolute Gasteiger partial charge is 0.0352 e. The summed E-state index contributed by atoms with van der Waals surface area (Å²) in [6.45, 7) is 11.8. The molecule has 1 unspecified atom stereocenters. The maximum absolute atomic E-state index is 2.44. The van der Waals surface area contributed by atoms with E-state index < -0.39 is 0 Å². The Morgan fingerprint density at radius 2 is 1.64 bits per heavy atom. The maximum atomic E-state index is 2.44. The first-order valence-electron chi connectivity index (χ1n) is 6.52. The standard InChI is InChI=1S/C14H30/c1-6-8-9-10-11-14(4,5)12-13(3)7-2/h13H,6-12H2,1-5H3. The van der Waals surface area contributed by atoms with E-state index in [1.54, 1.807) is 0 Å². The summed E-state index contributed by atoms with van der Waals surface area (Å²) in [6.07, 6.45) is 9.77. The van der Waals surface area contributed by atoms with Crippen LogP contribution in [0.4, 0.5) is 0 Å². The molecule has 0 aliphatic rings. The van der Waals surface area contributed by atoms with Crippen molar-refractivity contribution in [3.8, 4) is 0 Å². The summed E-state index contributed by atoms with van der Waals surface area (Å²) in [5.41, 5.74) is 0.573. The van der Waals surface area contributed by atoms with E-state index in [-0.39, 0.29) is 0 Å². The lowest BCUT2D eigenvalue weighted by Gasteiger charge is -2.27. The quantitative estimate of drug-likeness (QED) is 0.457. The van der Waals surface area contributed by atoms with Crippen LogP contribution in [0.1, 0.15) is 79.6 Å². The van der Waals surface area contributed by atoms with Gasteiger partial charge in [0.1, 0.15) is 0 Å². The van der Waals surface area contributed by atoms with Crippen molar-refractivity contribution >= 4 is 0 Å². The molecule has 0 saturated carbocycles. The maximum Gasteiger partial charge on any atom is -0.0352 e. The molecule has 0 fully saturated rings. The van der Waals surface area contributed by atoms with Crippen LogP contribution in [0, 0.1) is 11.3 Å². The lowest BCUT2D eigenvalue weighted by atomic mass is 9.78. The summed E-state index contributed by atoms with van der Waals surface area (Å²) in [5.74, 6) is 0.899. The van der Waals surface area contributed by atoms with E-state index in [2.05, 4.69) is 34.6 Å².